The quantitative estimate of drug-likeness (QED) is 0.818. The largest absolute Gasteiger partial charge is 0.449 e. The number of amides is 2. The van der Waals surface area contributed by atoms with E-state index in [0.717, 1.165) is 19.4 Å². The highest BCUT2D eigenvalue weighted by molar-refractivity contribution is 5.94. The molecule has 7 nitrogen and oxygen atoms in total. The number of carbonyl (C=O) groups excluding carboxylic acids is 2. The zero-order valence-electron chi connectivity index (χ0n) is 15.0. The van der Waals surface area contributed by atoms with E-state index >= 15 is 0 Å². The summed E-state index contributed by atoms with van der Waals surface area (Å²) in [6, 6.07) is 6.94. The monoisotopic (exact) mass is 350 g/mol. The summed E-state index contributed by atoms with van der Waals surface area (Å²) in [5.74, 6) is -0.218. The molecule has 1 heterocycles. The van der Waals surface area contributed by atoms with E-state index in [0.29, 0.717) is 24.6 Å². The Labute approximate surface area is 148 Å². The summed E-state index contributed by atoms with van der Waals surface area (Å²) in [7, 11) is 1.63. The molecule has 0 saturated carbocycles. The fourth-order valence-electron chi connectivity index (χ4n) is 2.44. The lowest BCUT2D eigenvalue weighted by molar-refractivity contribution is -0.128. The Hall–Kier alpha value is -2.12. The van der Waals surface area contributed by atoms with Gasteiger partial charge in [-0.15, -0.1) is 0 Å². The summed E-state index contributed by atoms with van der Waals surface area (Å²) in [5, 5.41) is 2.80. The minimum atomic E-state index is -0.564. The van der Waals surface area contributed by atoms with Crippen LogP contribution in [-0.2, 0) is 19.0 Å². The van der Waals surface area contributed by atoms with E-state index in [4.69, 9.17) is 14.2 Å². The lowest BCUT2D eigenvalue weighted by Crippen LogP contribution is -2.30. The SMILES string of the molecule is CCOC(=O)N(C)c1ccc(NC(=O)C(C)OCC2CCCO2)cc1. The van der Waals surface area contributed by atoms with Crippen molar-refractivity contribution in [3.63, 3.8) is 0 Å². The molecule has 1 aromatic rings. The van der Waals surface area contributed by atoms with Crippen LogP contribution in [0.1, 0.15) is 26.7 Å². The van der Waals surface area contributed by atoms with Crippen molar-refractivity contribution >= 4 is 23.4 Å². The average Bonchev–Trinajstić information content (AvgIpc) is 3.13. The van der Waals surface area contributed by atoms with Crippen LogP contribution in [0.4, 0.5) is 16.2 Å². The topological polar surface area (TPSA) is 77.1 Å². The Morgan fingerprint density at radius 2 is 2.08 bits per heavy atom. The molecule has 2 amide bonds. The van der Waals surface area contributed by atoms with E-state index in [1.807, 2.05) is 0 Å². The number of hydrogen-bond acceptors (Lipinski definition) is 5. The molecule has 0 radical (unpaired) electrons. The molecule has 1 aliphatic rings. The molecule has 7 heteroatoms. The van der Waals surface area contributed by atoms with Crippen LogP contribution in [0.2, 0.25) is 0 Å². The summed E-state index contributed by atoms with van der Waals surface area (Å²) in [5.41, 5.74) is 1.32. The van der Waals surface area contributed by atoms with E-state index < -0.39 is 12.2 Å². The first kappa shape index (κ1) is 19.2. The van der Waals surface area contributed by atoms with Crippen LogP contribution in [0.15, 0.2) is 24.3 Å². The molecule has 25 heavy (non-hydrogen) atoms. The molecule has 0 spiro atoms. The van der Waals surface area contributed by atoms with Gasteiger partial charge in [-0.25, -0.2) is 4.79 Å². The molecule has 2 atom stereocenters. The smallest absolute Gasteiger partial charge is 0.413 e. The highest BCUT2D eigenvalue weighted by Gasteiger charge is 2.20. The van der Waals surface area contributed by atoms with Gasteiger partial charge in [-0.05, 0) is 51.0 Å². The lowest BCUT2D eigenvalue weighted by Gasteiger charge is -2.18. The van der Waals surface area contributed by atoms with Crippen molar-refractivity contribution in [3.8, 4) is 0 Å². The van der Waals surface area contributed by atoms with Gasteiger partial charge in [0, 0.05) is 25.0 Å². The van der Waals surface area contributed by atoms with Crippen LogP contribution in [0.5, 0.6) is 0 Å². The van der Waals surface area contributed by atoms with Crippen LogP contribution < -0.4 is 10.2 Å². The molecule has 1 saturated heterocycles. The van der Waals surface area contributed by atoms with Crippen LogP contribution >= 0.6 is 0 Å². The fourth-order valence-corrected chi connectivity index (χ4v) is 2.44. The molecule has 2 unspecified atom stereocenters. The third-order valence-corrected chi connectivity index (χ3v) is 3.99. The molecular formula is C18H26N2O5. The van der Waals surface area contributed by atoms with Gasteiger partial charge in [-0.3, -0.25) is 9.69 Å². The van der Waals surface area contributed by atoms with Gasteiger partial charge in [0.2, 0.25) is 0 Å². The van der Waals surface area contributed by atoms with E-state index in [2.05, 4.69) is 5.32 Å². The molecule has 2 rings (SSSR count). The summed E-state index contributed by atoms with van der Waals surface area (Å²) >= 11 is 0. The zero-order chi connectivity index (χ0) is 18.2. The number of rotatable bonds is 7. The summed E-state index contributed by atoms with van der Waals surface area (Å²) in [6.45, 7) is 4.99. The molecule has 0 aromatic heterocycles. The number of hydrogen-bond donors (Lipinski definition) is 1. The van der Waals surface area contributed by atoms with Gasteiger partial charge in [0.15, 0.2) is 0 Å². The molecule has 1 fully saturated rings. The maximum absolute atomic E-state index is 12.2. The summed E-state index contributed by atoms with van der Waals surface area (Å²) < 4.78 is 16.0. The summed E-state index contributed by atoms with van der Waals surface area (Å²) in [4.78, 5) is 25.3. The average molecular weight is 350 g/mol. The summed E-state index contributed by atoms with van der Waals surface area (Å²) in [6.07, 6.45) is 1.12. The molecule has 0 aliphatic carbocycles. The third kappa shape index (κ3) is 5.72. The Kier molecular flexibility index (Phi) is 7.21. The second-order valence-corrected chi connectivity index (χ2v) is 5.90. The minimum Gasteiger partial charge on any atom is -0.449 e. The normalized spacial score (nSPS) is 17.8. The first-order chi connectivity index (χ1) is 12.0. The van der Waals surface area contributed by atoms with Gasteiger partial charge < -0.3 is 19.5 Å². The second-order valence-electron chi connectivity index (χ2n) is 5.90. The zero-order valence-corrected chi connectivity index (χ0v) is 15.0. The first-order valence-corrected chi connectivity index (χ1v) is 8.56. The highest BCUT2D eigenvalue weighted by Crippen LogP contribution is 2.18. The van der Waals surface area contributed by atoms with Crippen LogP contribution in [0.3, 0.4) is 0 Å². The van der Waals surface area contributed by atoms with Crippen LogP contribution in [0.25, 0.3) is 0 Å². The van der Waals surface area contributed by atoms with Gasteiger partial charge in [-0.1, -0.05) is 0 Å². The second kappa shape index (κ2) is 9.39. The van der Waals surface area contributed by atoms with Gasteiger partial charge in [0.1, 0.15) is 6.10 Å². The number of nitrogens with one attached hydrogen (secondary N) is 1. The van der Waals surface area contributed by atoms with Crippen molar-refractivity contribution in [1.82, 2.24) is 0 Å². The van der Waals surface area contributed by atoms with Crippen LogP contribution in [-0.4, -0.2) is 51.1 Å². The predicted octanol–water partition coefficient (Wildman–Crippen LogP) is 2.80. The van der Waals surface area contributed by atoms with Crippen molar-refractivity contribution in [2.24, 2.45) is 0 Å². The fraction of sp³-hybridized carbons (Fsp3) is 0.556. The number of anilines is 2. The first-order valence-electron chi connectivity index (χ1n) is 8.56. The molecule has 1 N–H and O–H groups in total. The lowest BCUT2D eigenvalue weighted by atomic mass is 10.2. The minimum absolute atomic E-state index is 0.0907. The Morgan fingerprint density at radius 1 is 1.36 bits per heavy atom. The van der Waals surface area contributed by atoms with Crippen molar-refractivity contribution in [3.05, 3.63) is 24.3 Å². The van der Waals surface area contributed by atoms with Gasteiger partial charge in [0.25, 0.3) is 5.91 Å². The van der Waals surface area contributed by atoms with Gasteiger partial charge in [-0.2, -0.15) is 0 Å². The van der Waals surface area contributed by atoms with Crippen molar-refractivity contribution in [2.45, 2.75) is 38.9 Å². The number of carbonyl (C=O) groups is 2. The Balaban J connectivity index is 1.82. The molecule has 1 aromatic carbocycles. The van der Waals surface area contributed by atoms with Crippen molar-refractivity contribution < 1.29 is 23.8 Å². The predicted molar refractivity (Wildman–Crippen MR) is 94.9 cm³/mol. The van der Waals surface area contributed by atoms with E-state index in [1.165, 1.54) is 4.90 Å². The maximum Gasteiger partial charge on any atom is 0.413 e. The van der Waals surface area contributed by atoms with E-state index in [1.54, 1.807) is 45.2 Å². The standard InChI is InChI=1S/C18H26N2O5/c1-4-23-18(22)20(3)15-9-7-14(8-10-15)19-17(21)13(2)25-12-16-6-5-11-24-16/h7-10,13,16H,4-6,11-12H2,1-3H3,(H,19,21). The number of benzene rings is 1. The van der Waals surface area contributed by atoms with Crippen molar-refractivity contribution in [2.75, 3.05) is 37.1 Å². The van der Waals surface area contributed by atoms with Gasteiger partial charge >= 0.3 is 6.09 Å². The van der Waals surface area contributed by atoms with Gasteiger partial charge in [0.05, 0.1) is 19.3 Å². The Morgan fingerprint density at radius 3 is 2.68 bits per heavy atom. The molecule has 1 aliphatic heterocycles. The Bertz CT molecular complexity index is 569. The molecular weight excluding hydrogens is 324 g/mol. The molecule has 0 bridgehead atoms. The van der Waals surface area contributed by atoms with Crippen LogP contribution in [0, 0.1) is 0 Å². The van der Waals surface area contributed by atoms with Crippen molar-refractivity contribution in [1.29, 1.82) is 0 Å². The van der Waals surface area contributed by atoms with E-state index in [-0.39, 0.29) is 12.0 Å². The number of nitrogens with zero attached hydrogens (tertiary/aromatic N) is 1. The number of ether oxygens (including phenoxy) is 3. The maximum atomic E-state index is 12.2. The molecule has 138 valence electrons. The third-order valence-electron chi connectivity index (χ3n) is 3.99. The highest BCUT2D eigenvalue weighted by atomic mass is 16.6. The van der Waals surface area contributed by atoms with E-state index in [9.17, 15) is 9.59 Å².